The van der Waals surface area contributed by atoms with Crippen LogP contribution < -0.4 is 15.4 Å². The van der Waals surface area contributed by atoms with Gasteiger partial charge in [0.15, 0.2) is 0 Å². The van der Waals surface area contributed by atoms with Crippen LogP contribution in [0, 0.1) is 5.92 Å². The molecule has 5 heteroatoms. The summed E-state index contributed by atoms with van der Waals surface area (Å²) in [5.74, 6) is 0.696. The van der Waals surface area contributed by atoms with Crippen molar-refractivity contribution in [3.05, 3.63) is 59.2 Å². The fraction of sp³-hybridized carbons (Fsp3) is 0.462. The number of anilines is 1. The van der Waals surface area contributed by atoms with Crippen molar-refractivity contribution in [2.45, 2.75) is 66.3 Å². The summed E-state index contributed by atoms with van der Waals surface area (Å²) >= 11 is 0. The molecule has 168 valence electrons. The summed E-state index contributed by atoms with van der Waals surface area (Å²) in [7, 11) is 0. The van der Waals surface area contributed by atoms with Gasteiger partial charge in [0.1, 0.15) is 11.8 Å². The van der Waals surface area contributed by atoms with Gasteiger partial charge in [-0.25, -0.2) is 0 Å². The maximum absolute atomic E-state index is 13.3. The van der Waals surface area contributed by atoms with Crippen LogP contribution in [-0.4, -0.2) is 24.5 Å². The van der Waals surface area contributed by atoms with Crippen LogP contribution in [0.4, 0.5) is 5.69 Å². The van der Waals surface area contributed by atoms with E-state index in [1.54, 1.807) is 24.3 Å². The van der Waals surface area contributed by atoms with Crippen LogP contribution >= 0.6 is 0 Å². The first-order chi connectivity index (χ1) is 14.6. The van der Waals surface area contributed by atoms with Crippen molar-refractivity contribution >= 4 is 17.5 Å². The number of hydrogen-bond donors (Lipinski definition) is 2. The lowest BCUT2D eigenvalue weighted by Crippen LogP contribution is -2.47. The fourth-order valence-corrected chi connectivity index (χ4v) is 3.53. The molecule has 2 rings (SSSR count). The van der Waals surface area contributed by atoms with Gasteiger partial charge in [-0.05, 0) is 60.1 Å². The predicted octanol–water partition coefficient (Wildman–Crippen LogP) is 5.73. The number of nitrogens with one attached hydrogen (secondary N) is 2. The molecule has 2 N–H and O–H groups in total. The quantitative estimate of drug-likeness (QED) is 0.540. The maximum Gasteiger partial charge on any atom is 0.251 e. The number of ether oxygens (including phenoxy) is 1. The Hall–Kier alpha value is -2.82. The molecule has 2 aromatic rings. The lowest BCUT2D eigenvalue weighted by Gasteiger charge is -2.25. The van der Waals surface area contributed by atoms with Crippen molar-refractivity contribution in [3.63, 3.8) is 0 Å². The third-order valence-corrected chi connectivity index (χ3v) is 5.28. The Morgan fingerprint density at radius 3 is 1.87 bits per heavy atom. The lowest BCUT2D eigenvalue weighted by molar-refractivity contribution is -0.118. The van der Waals surface area contributed by atoms with Gasteiger partial charge >= 0.3 is 0 Å². The number of rotatable bonds is 9. The number of benzene rings is 2. The van der Waals surface area contributed by atoms with E-state index in [0.29, 0.717) is 17.9 Å². The average Bonchev–Trinajstić information content (AvgIpc) is 2.72. The normalized spacial score (nSPS) is 12.2. The average molecular weight is 425 g/mol. The highest BCUT2D eigenvalue weighted by Crippen LogP contribution is 2.32. The third kappa shape index (κ3) is 6.33. The molecule has 2 amide bonds. The minimum atomic E-state index is -0.653. The Morgan fingerprint density at radius 1 is 0.871 bits per heavy atom. The molecule has 0 bridgehead atoms. The molecule has 1 unspecified atom stereocenters. The van der Waals surface area contributed by atoms with Crippen LogP contribution in [0.2, 0.25) is 0 Å². The number of amides is 2. The van der Waals surface area contributed by atoms with Crippen molar-refractivity contribution in [1.82, 2.24) is 5.32 Å². The second-order valence-corrected chi connectivity index (χ2v) is 8.76. The van der Waals surface area contributed by atoms with Gasteiger partial charge in [-0.15, -0.1) is 0 Å². The largest absolute Gasteiger partial charge is 0.494 e. The van der Waals surface area contributed by atoms with Crippen LogP contribution in [0.3, 0.4) is 0 Å². The molecule has 0 aliphatic carbocycles. The molecule has 31 heavy (non-hydrogen) atoms. The Morgan fingerprint density at radius 2 is 1.42 bits per heavy atom. The van der Waals surface area contributed by atoms with Gasteiger partial charge in [0.05, 0.1) is 6.61 Å². The van der Waals surface area contributed by atoms with E-state index < -0.39 is 6.04 Å². The summed E-state index contributed by atoms with van der Waals surface area (Å²) in [6.07, 6.45) is 0. The zero-order chi connectivity index (χ0) is 23.1. The topological polar surface area (TPSA) is 67.4 Å². The van der Waals surface area contributed by atoms with Gasteiger partial charge in [0, 0.05) is 11.3 Å². The third-order valence-electron chi connectivity index (χ3n) is 5.28. The van der Waals surface area contributed by atoms with Crippen molar-refractivity contribution < 1.29 is 14.3 Å². The van der Waals surface area contributed by atoms with E-state index in [1.165, 1.54) is 0 Å². The molecule has 0 heterocycles. The number of carbonyl (C=O) groups excluding carboxylic acids is 2. The molecule has 0 saturated heterocycles. The van der Waals surface area contributed by atoms with E-state index in [0.717, 1.165) is 16.8 Å². The van der Waals surface area contributed by atoms with E-state index in [-0.39, 0.29) is 29.6 Å². The smallest absolute Gasteiger partial charge is 0.251 e. The molecule has 0 aliphatic heterocycles. The monoisotopic (exact) mass is 424 g/mol. The summed E-state index contributed by atoms with van der Waals surface area (Å²) < 4.78 is 5.43. The van der Waals surface area contributed by atoms with Gasteiger partial charge in [0.2, 0.25) is 5.91 Å². The summed E-state index contributed by atoms with van der Waals surface area (Å²) in [6, 6.07) is 12.4. The van der Waals surface area contributed by atoms with Crippen LogP contribution in [0.15, 0.2) is 42.5 Å². The molecule has 2 aromatic carbocycles. The summed E-state index contributed by atoms with van der Waals surface area (Å²) in [5, 5.41) is 6.04. The maximum atomic E-state index is 13.3. The summed E-state index contributed by atoms with van der Waals surface area (Å²) in [5.41, 5.74) is 3.55. The number of hydrogen-bond acceptors (Lipinski definition) is 3. The molecule has 5 nitrogen and oxygen atoms in total. The number of carbonyl (C=O) groups is 2. The fourth-order valence-electron chi connectivity index (χ4n) is 3.53. The second kappa shape index (κ2) is 11.0. The Bertz CT molecular complexity index is 860. The SMILES string of the molecule is CCOc1ccc(C(=O)NC(C(=O)Nc2c(C(C)C)cccc2C(C)C)C(C)C)cc1. The lowest BCUT2D eigenvalue weighted by atomic mass is 9.92. The summed E-state index contributed by atoms with van der Waals surface area (Å²) in [4.78, 5) is 26.1. The molecule has 0 radical (unpaired) electrons. The number of para-hydroxylation sites is 1. The van der Waals surface area contributed by atoms with Crippen LogP contribution in [0.1, 0.15) is 81.8 Å². The van der Waals surface area contributed by atoms with Crippen LogP contribution in [-0.2, 0) is 4.79 Å². The zero-order valence-electron chi connectivity index (χ0n) is 19.8. The first-order valence-electron chi connectivity index (χ1n) is 11.1. The highest BCUT2D eigenvalue weighted by molar-refractivity contribution is 6.02. The molecule has 0 fully saturated rings. The Kier molecular flexibility index (Phi) is 8.66. The van der Waals surface area contributed by atoms with Crippen molar-refractivity contribution in [2.75, 3.05) is 11.9 Å². The molecule has 0 saturated carbocycles. The molecular formula is C26H36N2O3. The van der Waals surface area contributed by atoms with E-state index in [1.807, 2.05) is 26.8 Å². The predicted molar refractivity (Wildman–Crippen MR) is 127 cm³/mol. The molecule has 0 aliphatic rings. The van der Waals surface area contributed by atoms with Crippen LogP contribution in [0.5, 0.6) is 5.75 Å². The molecule has 1 atom stereocenters. The van der Waals surface area contributed by atoms with Crippen molar-refractivity contribution in [3.8, 4) is 5.75 Å². The minimum absolute atomic E-state index is 0.0691. The van der Waals surface area contributed by atoms with Gasteiger partial charge in [0.25, 0.3) is 5.91 Å². The van der Waals surface area contributed by atoms with E-state index >= 15 is 0 Å². The van der Waals surface area contributed by atoms with E-state index in [9.17, 15) is 9.59 Å². The van der Waals surface area contributed by atoms with Crippen LogP contribution in [0.25, 0.3) is 0 Å². The highest BCUT2D eigenvalue weighted by Gasteiger charge is 2.26. The molecular weight excluding hydrogens is 388 g/mol. The van der Waals surface area contributed by atoms with Crippen molar-refractivity contribution in [2.24, 2.45) is 5.92 Å². The Balaban J connectivity index is 2.24. The summed E-state index contributed by atoms with van der Waals surface area (Å²) in [6.45, 7) is 14.8. The first-order valence-corrected chi connectivity index (χ1v) is 11.1. The molecule has 0 aromatic heterocycles. The highest BCUT2D eigenvalue weighted by atomic mass is 16.5. The van der Waals surface area contributed by atoms with Gasteiger partial charge in [-0.1, -0.05) is 59.7 Å². The Labute approximate surface area is 186 Å². The van der Waals surface area contributed by atoms with E-state index in [4.69, 9.17) is 4.74 Å². The van der Waals surface area contributed by atoms with E-state index in [2.05, 4.69) is 50.5 Å². The van der Waals surface area contributed by atoms with Crippen molar-refractivity contribution in [1.29, 1.82) is 0 Å². The minimum Gasteiger partial charge on any atom is -0.494 e. The standard InChI is InChI=1S/C26H36N2O3/c1-8-31-20-14-12-19(13-15-20)25(29)27-23(18(6)7)26(30)28-24-21(16(2)3)10-9-11-22(24)17(4)5/h9-18,23H,8H2,1-7H3,(H,27,29)(H,28,30). The zero-order valence-corrected chi connectivity index (χ0v) is 19.8. The van der Waals surface area contributed by atoms with Gasteiger partial charge in [-0.3, -0.25) is 9.59 Å². The van der Waals surface area contributed by atoms with Gasteiger partial charge < -0.3 is 15.4 Å². The molecule has 0 spiro atoms. The first kappa shape index (κ1) is 24.4. The van der Waals surface area contributed by atoms with Gasteiger partial charge in [-0.2, -0.15) is 0 Å². The second-order valence-electron chi connectivity index (χ2n) is 8.76.